The smallest absolute Gasteiger partial charge is 0.220 e. The Labute approximate surface area is 615 Å². The monoisotopic (exact) mass is 1420 g/mol. The molecule has 2 aliphatic heterocycles. The summed E-state index contributed by atoms with van der Waals surface area (Å²) < 4.78 is 22.9. The van der Waals surface area contributed by atoms with Crippen LogP contribution < -0.4 is 5.32 Å². The van der Waals surface area contributed by atoms with Gasteiger partial charge >= 0.3 is 0 Å². The summed E-state index contributed by atoms with van der Waals surface area (Å²) in [6.45, 7) is 2.87. The van der Waals surface area contributed by atoms with Crippen LogP contribution in [0.3, 0.4) is 0 Å². The van der Waals surface area contributed by atoms with Crippen LogP contribution in [0.5, 0.6) is 0 Å². The van der Waals surface area contributed by atoms with Crippen LogP contribution in [0, 0.1) is 0 Å². The highest BCUT2D eigenvalue weighted by Gasteiger charge is 2.51. The number of allylic oxidation sites excluding steroid dienone is 3. The molecule has 0 saturated carbocycles. The van der Waals surface area contributed by atoms with Gasteiger partial charge in [-0.3, -0.25) is 4.79 Å². The van der Waals surface area contributed by atoms with Gasteiger partial charge in [-0.1, -0.05) is 411 Å². The fourth-order valence-electron chi connectivity index (χ4n) is 14.8. The van der Waals surface area contributed by atoms with E-state index in [0.717, 1.165) is 32.1 Å². The van der Waals surface area contributed by atoms with Crippen LogP contribution >= 0.6 is 0 Å². The third kappa shape index (κ3) is 52.5. The van der Waals surface area contributed by atoms with Crippen molar-refractivity contribution in [2.24, 2.45) is 0 Å². The summed E-state index contributed by atoms with van der Waals surface area (Å²) in [4.78, 5) is 13.4. The molecule has 2 aliphatic rings. The zero-order valence-electron chi connectivity index (χ0n) is 65.2. The molecule has 12 unspecified atom stereocenters. The van der Waals surface area contributed by atoms with Crippen molar-refractivity contribution in [2.45, 2.75) is 498 Å². The van der Waals surface area contributed by atoms with Gasteiger partial charge in [-0.05, 0) is 32.1 Å². The molecule has 0 radical (unpaired) electrons. The quantitative estimate of drug-likeness (QED) is 0.0204. The Bertz CT molecular complexity index is 1770. The molecule has 2 rings (SSSR count). The van der Waals surface area contributed by atoms with Crippen molar-refractivity contribution in [1.82, 2.24) is 5.32 Å². The molecule has 0 aromatic rings. The summed E-state index contributed by atoms with van der Waals surface area (Å²) in [6.07, 6.45) is 75.9. The first-order valence-corrected chi connectivity index (χ1v) is 43.6. The van der Waals surface area contributed by atoms with Crippen LogP contribution in [-0.4, -0.2) is 140 Å². The van der Waals surface area contributed by atoms with Crippen molar-refractivity contribution in [3.8, 4) is 0 Å². The number of aliphatic hydroxyl groups excluding tert-OH is 8. The third-order valence-corrected chi connectivity index (χ3v) is 21.6. The van der Waals surface area contributed by atoms with E-state index >= 15 is 0 Å². The van der Waals surface area contributed by atoms with Gasteiger partial charge in [0.15, 0.2) is 12.6 Å². The normalized spacial score (nSPS) is 21.9. The molecule has 12 atom stereocenters. The first-order chi connectivity index (χ1) is 49.1. The Hall–Kier alpha value is -1.53. The Morgan fingerprint density at radius 2 is 0.640 bits per heavy atom. The highest BCUT2D eigenvalue weighted by Crippen LogP contribution is 2.31. The second-order valence-corrected chi connectivity index (χ2v) is 31.0. The molecule has 14 nitrogen and oxygen atoms in total. The predicted octanol–water partition coefficient (Wildman–Crippen LogP) is 20.6. The molecule has 0 aliphatic carbocycles. The van der Waals surface area contributed by atoms with Crippen molar-refractivity contribution in [3.63, 3.8) is 0 Å². The second-order valence-electron chi connectivity index (χ2n) is 31.0. The minimum absolute atomic E-state index is 0.239. The average Bonchev–Trinajstić information content (AvgIpc) is 0.791. The number of hydrogen-bond acceptors (Lipinski definition) is 13. The van der Waals surface area contributed by atoms with Gasteiger partial charge in [0.25, 0.3) is 0 Å². The number of carbonyl (C=O) groups is 1. The standard InChI is InChI=1S/C86H165NO13/c1-3-5-7-9-11-13-15-17-19-21-23-25-27-29-31-33-34-35-36-37-38-39-40-42-44-46-48-50-52-54-56-58-60-62-64-66-68-70-78(91)87-74(73-97-85-83(96)81(94)84(77(72-89)99-85)100-86-82(95)80(93)79(92)76(71-88)98-86)75(90)69-67-65-63-61-59-57-55-53-51-49-47-45-43-41-32-30-28-26-24-22-20-18-16-14-12-10-8-6-4-2/h59,61,67,69,74-77,79-86,88-90,92-96H,3-58,60,62-66,68,70-73H2,1-2H3,(H,87,91)/b61-59+,69-67+. The lowest BCUT2D eigenvalue weighted by Gasteiger charge is -2.46. The second kappa shape index (κ2) is 70.5. The number of carbonyl (C=O) groups excluding carboxylic acids is 1. The number of unbranched alkanes of at least 4 members (excludes halogenated alkanes) is 60. The molecule has 1 amide bonds. The van der Waals surface area contributed by atoms with Gasteiger partial charge < -0.3 is 65.1 Å². The summed E-state index contributed by atoms with van der Waals surface area (Å²) in [7, 11) is 0. The first kappa shape index (κ1) is 94.6. The summed E-state index contributed by atoms with van der Waals surface area (Å²) in [6, 6.07) is -0.931. The highest BCUT2D eigenvalue weighted by molar-refractivity contribution is 5.76. The zero-order chi connectivity index (χ0) is 72.2. The molecule has 2 fully saturated rings. The summed E-state index contributed by atoms with van der Waals surface area (Å²) in [5.41, 5.74) is 0. The maximum atomic E-state index is 13.4. The number of aliphatic hydroxyl groups is 8. The molecule has 0 aromatic carbocycles. The van der Waals surface area contributed by atoms with E-state index in [-0.39, 0.29) is 18.9 Å². The maximum Gasteiger partial charge on any atom is 0.220 e. The minimum atomic E-state index is -1.79. The molecule has 9 N–H and O–H groups in total. The fourth-order valence-corrected chi connectivity index (χ4v) is 14.8. The molecule has 0 aromatic heterocycles. The lowest BCUT2D eigenvalue weighted by molar-refractivity contribution is -0.359. The van der Waals surface area contributed by atoms with Crippen molar-refractivity contribution >= 4 is 5.91 Å². The van der Waals surface area contributed by atoms with E-state index in [2.05, 4.69) is 31.3 Å². The topological polar surface area (TPSA) is 228 Å². The van der Waals surface area contributed by atoms with Crippen LogP contribution in [0.2, 0.25) is 0 Å². The van der Waals surface area contributed by atoms with E-state index in [9.17, 15) is 45.6 Å². The Morgan fingerprint density at radius 1 is 0.350 bits per heavy atom. The average molecular weight is 1420 g/mol. The van der Waals surface area contributed by atoms with Crippen LogP contribution in [0.15, 0.2) is 24.3 Å². The van der Waals surface area contributed by atoms with Gasteiger partial charge in [-0.15, -0.1) is 0 Å². The van der Waals surface area contributed by atoms with Crippen LogP contribution in [0.1, 0.15) is 425 Å². The number of rotatable bonds is 75. The molecule has 14 heteroatoms. The maximum absolute atomic E-state index is 13.4. The van der Waals surface area contributed by atoms with Crippen LogP contribution in [-0.2, 0) is 23.7 Å². The minimum Gasteiger partial charge on any atom is -0.394 e. The number of hydrogen-bond donors (Lipinski definition) is 9. The molecule has 592 valence electrons. The fraction of sp³-hybridized carbons (Fsp3) is 0.942. The van der Waals surface area contributed by atoms with Crippen molar-refractivity contribution in [3.05, 3.63) is 24.3 Å². The Balaban J connectivity index is 1.58. The molecular weight excluding hydrogens is 1250 g/mol. The van der Waals surface area contributed by atoms with E-state index in [4.69, 9.17) is 18.9 Å². The van der Waals surface area contributed by atoms with Crippen LogP contribution in [0.25, 0.3) is 0 Å². The van der Waals surface area contributed by atoms with E-state index in [1.165, 1.54) is 360 Å². The SMILES string of the molecule is CCCCCCCCCCCCCCCCCCCCCCCCC/C=C/CC/C=C/C(O)C(COC1OC(CO)C(OC2OC(CO)C(O)C(O)C2O)C(O)C1O)NC(=O)CCCCCCCCCCCCCCCCCCCCCCCCCCCCCCCCCCCCCCC. The van der Waals surface area contributed by atoms with E-state index in [0.29, 0.717) is 12.8 Å². The highest BCUT2D eigenvalue weighted by atomic mass is 16.7. The Morgan fingerprint density at radius 3 is 0.980 bits per heavy atom. The third-order valence-electron chi connectivity index (χ3n) is 21.6. The summed E-state index contributed by atoms with van der Waals surface area (Å²) in [5.74, 6) is -0.239. The number of amides is 1. The van der Waals surface area contributed by atoms with E-state index in [1.807, 2.05) is 6.08 Å². The molecular formula is C86H165NO13. The van der Waals surface area contributed by atoms with Crippen molar-refractivity contribution in [1.29, 1.82) is 0 Å². The van der Waals surface area contributed by atoms with Gasteiger partial charge in [0.1, 0.15) is 48.8 Å². The molecule has 0 bridgehead atoms. The summed E-state index contributed by atoms with van der Waals surface area (Å²) >= 11 is 0. The van der Waals surface area contributed by atoms with E-state index < -0.39 is 86.8 Å². The van der Waals surface area contributed by atoms with Gasteiger partial charge in [0.05, 0.1) is 32.0 Å². The molecule has 2 saturated heterocycles. The van der Waals surface area contributed by atoms with E-state index in [1.54, 1.807) is 6.08 Å². The molecule has 0 spiro atoms. The number of nitrogens with one attached hydrogen (secondary N) is 1. The van der Waals surface area contributed by atoms with Gasteiger partial charge in [-0.25, -0.2) is 0 Å². The molecule has 2 heterocycles. The van der Waals surface area contributed by atoms with Crippen molar-refractivity contribution in [2.75, 3.05) is 19.8 Å². The zero-order valence-corrected chi connectivity index (χ0v) is 65.2. The van der Waals surface area contributed by atoms with Crippen LogP contribution in [0.4, 0.5) is 0 Å². The first-order valence-electron chi connectivity index (χ1n) is 43.6. The summed E-state index contributed by atoms with van der Waals surface area (Å²) in [5, 5.41) is 87.8. The van der Waals surface area contributed by atoms with Gasteiger partial charge in [0.2, 0.25) is 5.91 Å². The predicted molar refractivity (Wildman–Crippen MR) is 415 cm³/mol. The van der Waals surface area contributed by atoms with Crippen molar-refractivity contribution < 1.29 is 64.6 Å². The number of ether oxygens (including phenoxy) is 4. The lowest BCUT2D eigenvalue weighted by Crippen LogP contribution is -2.65. The Kier molecular flexibility index (Phi) is 66.6. The van der Waals surface area contributed by atoms with Gasteiger partial charge in [0, 0.05) is 6.42 Å². The lowest BCUT2D eigenvalue weighted by atomic mass is 9.97. The molecule has 100 heavy (non-hydrogen) atoms. The largest absolute Gasteiger partial charge is 0.394 e. The van der Waals surface area contributed by atoms with Gasteiger partial charge in [-0.2, -0.15) is 0 Å².